The third-order valence-electron chi connectivity index (χ3n) is 2.83. The van der Waals surface area contributed by atoms with E-state index in [4.69, 9.17) is 4.74 Å². The zero-order valence-electron chi connectivity index (χ0n) is 6.99. The molecule has 2 atom stereocenters. The number of nitrogens with zero attached hydrogens (tertiary/aromatic N) is 2. The van der Waals surface area contributed by atoms with Gasteiger partial charge >= 0.3 is 0 Å². The summed E-state index contributed by atoms with van der Waals surface area (Å²) in [6.45, 7) is 3.87. The second-order valence-electron chi connectivity index (χ2n) is 3.63. The Morgan fingerprint density at radius 1 is 1.58 bits per heavy atom. The molecule has 1 N–H and O–H groups in total. The second-order valence-corrected chi connectivity index (χ2v) is 3.63. The Hall–Kier alpha value is -0.770. The van der Waals surface area contributed by atoms with E-state index in [2.05, 4.69) is 15.2 Å². The van der Waals surface area contributed by atoms with Crippen molar-refractivity contribution >= 4 is 5.96 Å². The number of nitrogens with one attached hydrogen (secondary N) is 1. The monoisotopic (exact) mass is 167 g/mol. The van der Waals surface area contributed by atoms with E-state index in [-0.39, 0.29) is 0 Å². The first-order chi connectivity index (χ1) is 5.93. The van der Waals surface area contributed by atoms with Crippen LogP contribution < -0.4 is 5.32 Å². The van der Waals surface area contributed by atoms with Crippen LogP contribution >= 0.6 is 0 Å². The predicted molar refractivity (Wildman–Crippen MR) is 45.2 cm³/mol. The predicted octanol–water partition coefficient (Wildman–Crippen LogP) is -0.581. The molecule has 0 aliphatic carbocycles. The lowest BCUT2D eigenvalue weighted by Crippen LogP contribution is -2.46. The summed E-state index contributed by atoms with van der Waals surface area (Å²) in [4.78, 5) is 6.77. The van der Waals surface area contributed by atoms with Crippen LogP contribution in [0.15, 0.2) is 4.99 Å². The van der Waals surface area contributed by atoms with Crippen LogP contribution in [0.4, 0.5) is 0 Å². The van der Waals surface area contributed by atoms with Crippen molar-refractivity contribution < 1.29 is 4.74 Å². The van der Waals surface area contributed by atoms with Gasteiger partial charge in [-0.2, -0.15) is 0 Å². The summed E-state index contributed by atoms with van der Waals surface area (Å²) in [5, 5.41) is 3.30. The Labute approximate surface area is 71.6 Å². The Morgan fingerprint density at radius 3 is 3.17 bits per heavy atom. The first-order valence-electron chi connectivity index (χ1n) is 4.60. The minimum atomic E-state index is 0.472. The lowest BCUT2D eigenvalue weighted by Gasteiger charge is -2.28. The molecule has 12 heavy (non-hydrogen) atoms. The molecule has 3 rings (SSSR count). The number of likely N-dealkylation sites (tertiary alicyclic amines) is 1. The smallest absolute Gasteiger partial charge is 0.194 e. The van der Waals surface area contributed by atoms with Gasteiger partial charge in [-0.3, -0.25) is 4.99 Å². The van der Waals surface area contributed by atoms with E-state index in [1.165, 1.54) is 6.42 Å². The average molecular weight is 167 g/mol. The van der Waals surface area contributed by atoms with E-state index >= 15 is 0 Å². The van der Waals surface area contributed by atoms with Crippen LogP contribution in [0.5, 0.6) is 0 Å². The molecule has 0 radical (unpaired) electrons. The van der Waals surface area contributed by atoms with Crippen molar-refractivity contribution in [2.24, 2.45) is 4.99 Å². The fourth-order valence-corrected chi connectivity index (χ4v) is 2.24. The molecule has 4 nitrogen and oxygen atoms in total. The summed E-state index contributed by atoms with van der Waals surface area (Å²) in [5.74, 6) is 1.10. The van der Waals surface area contributed by atoms with Crippen molar-refractivity contribution in [1.29, 1.82) is 0 Å². The molecule has 0 spiro atoms. The first kappa shape index (κ1) is 6.71. The van der Waals surface area contributed by atoms with Crippen LogP contribution in [0.3, 0.4) is 0 Å². The molecule has 3 aliphatic heterocycles. The van der Waals surface area contributed by atoms with Crippen molar-refractivity contribution in [3.8, 4) is 0 Å². The van der Waals surface area contributed by atoms with Gasteiger partial charge in [-0.15, -0.1) is 0 Å². The summed E-state index contributed by atoms with van der Waals surface area (Å²) < 4.78 is 5.52. The van der Waals surface area contributed by atoms with Crippen LogP contribution in [0.1, 0.15) is 6.42 Å². The average Bonchev–Trinajstić information content (AvgIpc) is 2.81. The maximum Gasteiger partial charge on any atom is 0.194 e. The van der Waals surface area contributed by atoms with Gasteiger partial charge < -0.3 is 15.0 Å². The molecule has 0 amide bonds. The lowest BCUT2D eigenvalue weighted by atomic mass is 10.2. The zero-order chi connectivity index (χ0) is 7.97. The van der Waals surface area contributed by atoms with E-state index in [0.717, 1.165) is 32.2 Å². The maximum atomic E-state index is 5.52. The number of guanidine groups is 1. The van der Waals surface area contributed by atoms with Gasteiger partial charge in [-0.1, -0.05) is 0 Å². The van der Waals surface area contributed by atoms with Crippen molar-refractivity contribution in [1.82, 2.24) is 10.2 Å². The van der Waals surface area contributed by atoms with Crippen LogP contribution in [0.2, 0.25) is 0 Å². The molecule has 66 valence electrons. The van der Waals surface area contributed by atoms with Gasteiger partial charge in [0.15, 0.2) is 5.96 Å². The van der Waals surface area contributed by atoms with E-state index < -0.39 is 0 Å². The van der Waals surface area contributed by atoms with Gasteiger partial charge in [0.25, 0.3) is 0 Å². The van der Waals surface area contributed by atoms with Gasteiger partial charge in [0.2, 0.25) is 0 Å². The zero-order valence-corrected chi connectivity index (χ0v) is 6.99. The summed E-state index contributed by atoms with van der Waals surface area (Å²) in [7, 11) is 0. The molecule has 2 fully saturated rings. The SMILES string of the molecule is C1CNC(N2CC3CC2CO3)=N1. The van der Waals surface area contributed by atoms with E-state index in [9.17, 15) is 0 Å². The molecule has 0 aromatic carbocycles. The summed E-state index contributed by atoms with van der Waals surface area (Å²) in [6, 6.07) is 0.597. The number of aliphatic imine (C=N–C) groups is 1. The number of hydrogen-bond donors (Lipinski definition) is 1. The van der Waals surface area contributed by atoms with Crippen LogP contribution in [-0.2, 0) is 4.74 Å². The van der Waals surface area contributed by atoms with E-state index in [1.807, 2.05) is 0 Å². The quantitative estimate of drug-likeness (QED) is 0.524. The molecule has 0 aromatic heterocycles. The van der Waals surface area contributed by atoms with Gasteiger partial charge in [0.05, 0.1) is 25.3 Å². The van der Waals surface area contributed by atoms with Gasteiger partial charge in [-0.25, -0.2) is 0 Å². The highest BCUT2D eigenvalue weighted by molar-refractivity contribution is 5.82. The number of hydrogen-bond acceptors (Lipinski definition) is 4. The molecule has 3 aliphatic rings. The van der Waals surface area contributed by atoms with Crippen LogP contribution in [0.25, 0.3) is 0 Å². The largest absolute Gasteiger partial charge is 0.374 e. The van der Waals surface area contributed by atoms with Crippen molar-refractivity contribution in [3.63, 3.8) is 0 Å². The molecule has 0 saturated carbocycles. The van der Waals surface area contributed by atoms with Crippen molar-refractivity contribution in [2.75, 3.05) is 26.2 Å². The molecule has 2 bridgehead atoms. The number of morpholine rings is 1. The first-order valence-corrected chi connectivity index (χ1v) is 4.60. The summed E-state index contributed by atoms with van der Waals surface area (Å²) in [5.41, 5.74) is 0. The number of rotatable bonds is 0. The summed E-state index contributed by atoms with van der Waals surface area (Å²) >= 11 is 0. The topological polar surface area (TPSA) is 36.9 Å². The lowest BCUT2D eigenvalue weighted by molar-refractivity contribution is 0.0557. The molecule has 2 saturated heterocycles. The fraction of sp³-hybridized carbons (Fsp3) is 0.875. The maximum absolute atomic E-state index is 5.52. The molecular weight excluding hydrogens is 154 g/mol. The minimum Gasteiger partial charge on any atom is -0.374 e. The Bertz CT molecular complexity index is 228. The van der Waals surface area contributed by atoms with Crippen molar-refractivity contribution in [2.45, 2.75) is 18.6 Å². The standard InChI is InChI=1S/C8H13N3O/c1-2-10-8(9-1)11-4-7-3-6(11)5-12-7/h6-7H,1-5H2,(H,9,10). The highest BCUT2D eigenvalue weighted by Gasteiger charge is 2.40. The van der Waals surface area contributed by atoms with Gasteiger partial charge in [0, 0.05) is 13.1 Å². The van der Waals surface area contributed by atoms with E-state index in [0.29, 0.717) is 12.1 Å². The van der Waals surface area contributed by atoms with Gasteiger partial charge in [0.1, 0.15) is 0 Å². The number of ether oxygens (including phenoxy) is 1. The third-order valence-corrected chi connectivity index (χ3v) is 2.83. The van der Waals surface area contributed by atoms with Gasteiger partial charge in [-0.05, 0) is 6.42 Å². The Morgan fingerprint density at radius 2 is 2.58 bits per heavy atom. The normalized spacial score (nSPS) is 38.7. The molecule has 2 unspecified atom stereocenters. The molecule has 3 heterocycles. The van der Waals surface area contributed by atoms with Crippen LogP contribution in [0, 0.1) is 0 Å². The highest BCUT2D eigenvalue weighted by Crippen LogP contribution is 2.27. The third kappa shape index (κ3) is 0.843. The minimum absolute atomic E-state index is 0.472. The second kappa shape index (κ2) is 2.36. The molecule has 4 heteroatoms. The molecular formula is C8H13N3O. The van der Waals surface area contributed by atoms with Crippen LogP contribution in [-0.4, -0.2) is 49.2 Å². The Kier molecular flexibility index (Phi) is 1.32. The fourth-order valence-electron chi connectivity index (χ4n) is 2.24. The highest BCUT2D eigenvalue weighted by atomic mass is 16.5. The Balaban J connectivity index is 1.77. The molecule has 0 aromatic rings. The summed E-state index contributed by atoms with van der Waals surface area (Å²) in [6.07, 6.45) is 1.67. The number of fused-ring (bicyclic) bond motifs is 2. The van der Waals surface area contributed by atoms with Crippen molar-refractivity contribution in [3.05, 3.63) is 0 Å². The van der Waals surface area contributed by atoms with E-state index in [1.54, 1.807) is 0 Å².